The Morgan fingerprint density at radius 2 is 0.792 bits per heavy atom. The third kappa shape index (κ3) is 34.5. The van der Waals surface area contributed by atoms with E-state index in [1.54, 1.807) is 6.92 Å². The van der Waals surface area contributed by atoms with Crippen LogP contribution in [0.4, 0.5) is 4.79 Å². The first kappa shape index (κ1) is 46.7. The lowest BCUT2D eigenvalue weighted by Gasteiger charge is -2.26. The molecule has 0 unspecified atom stereocenters. The zero-order valence-corrected chi connectivity index (χ0v) is 32.3. The van der Waals surface area contributed by atoms with Crippen molar-refractivity contribution in [2.24, 2.45) is 0 Å². The number of esters is 1. The van der Waals surface area contributed by atoms with Crippen molar-refractivity contribution in [2.45, 2.75) is 232 Å². The lowest BCUT2D eigenvalue weighted by atomic mass is 10.0. The molecule has 0 aromatic heterocycles. The smallest absolute Gasteiger partial charge is 0.407 e. The summed E-state index contributed by atoms with van der Waals surface area (Å²) in [5.41, 5.74) is 1.11. The van der Waals surface area contributed by atoms with E-state index in [1.807, 2.05) is 0 Å². The van der Waals surface area contributed by atoms with Gasteiger partial charge in [-0.15, -0.1) is 0 Å². The van der Waals surface area contributed by atoms with E-state index in [0.717, 1.165) is 32.1 Å². The van der Waals surface area contributed by atoms with Gasteiger partial charge in [-0.2, -0.15) is 5.48 Å². The molecule has 0 aromatic carbocycles. The van der Waals surface area contributed by atoms with Crippen molar-refractivity contribution < 1.29 is 24.3 Å². The maximum absolute atomic E-state index is 12.2. The summed E-state index contributed by atoms with van der Waals surface area (Å²) in [5, 5.41) is 12.4. The van der Waals surface area contributed by atoms with Crippen LogP contribution >= 0.6 is 0 Å². The van der Waals surface area contributed by atoms with Gasteiger partial charge in [-0.1, -0.05) is 200 Å². The Hall–Kier alpha value is -1.34. The Morgan fingerprint density at radius 1 is 0.479 bits per heavy atom. The molecule has 0 aliphatic heterocycles. The summed E-state index contributed by atoms with van der Waals surface area (Å²) in [7, 11) is 0. The summed E-state index contributed by atoms with van der Waals surface area (Å²) in [6, 6.07) is 0. The van der Waals surface area contributed by atoms with Crippen molar-refractivity contribution >= 4 is 12.1 Å². The van der Waals surface area contributed by atoms with E-state index in [-0.39, 0.29) is 19.2 Å². The van der Waals surface area contributed by atoms with Crippen LogP contribution in [0.1, 0.15) is 226 Å². The molecule has 1 amide bonds. The highest BCUT2D eigenvalue weighted by Crippen LogP contribution is 2.16. The van der Waals surface area contributed by atoms with Gasteiger partial charge in [0, 0.05) is 13.0 Å². The van der Waals surface area contributed by atoms with Crippen LogP contribution in [0.15, 0.2) is 0 Å². The van der Waals surface area contributed by atoms with E-state index in [9.17, 15) is 14.8 Å². The summed E-state index contributed by atoms with van der Waals surface area (Å²) in [4.78, 5) is 24.3. The van der Waals surface area contributed by atoms with Crippen molar-refractivity contribution in [1.82, 2.24) is 10.8 Å². The molecule has 48 heavy (non-hydrogen) atoms. The molecule has 0 aliphatic rings. The van der Waals surface area contributed by atoms with Crippen LogP contribution in [0.3, 0.4) is 0 Å². The Labute approximate surface area is 298 Å². The van der Waals surface area contributed by atoms with E-state index in [4.69, 9.17) is 9.47 Å². The minimum Gasteiger partial charge on any atom is -0.463 e. The first-order valence-corrected chi connectivity index (χ1v) is 20.9. The number of hydrogen-bond donors (Lipinski definition) is 3. The van der Waals surface area contributed by atoms with E-state index >= 15 is 0 Å². The van der Waals surface area contributed by atoms with Crippen LogP contribution in [0.25, 0.3) is 0 Å². The van der Waals surface area contributed by atoms with Gasteiger partial charge in [0.05, 0.1) is 0 Å². The van der Waals surface area contributed by atoms with Crippen LogP contribution in [0, 0.1) is 0 Å². The lowest BCUT2D eigenvalue weighted by Crippen LogP contribution is -2.50. The predicted octanol–water partition coefficient (Wildman–Crippen LogP) is 12.5. The summed E-state index contributed by atoms with van der Waals surface area (Å²) in [6.07, 6.45) is 40.2. The van der Waals surface area contributed by atoms with Crippen LogP contribution in [-0.4, -0.2) is 42.6 Å². The number of hydroxylamine groups is 1. The van der Waals surface area contributed by atoms with Crippen LogP contribution in [0.2, 0.25) is 0 Å². The van der Waals surface area contributed by atoms with Crippen molar-refractivity contribution in [3.63, 3.8) is 0 Å². The third-order valence-electron chi connectivity index (χ3n) is 9.63. The number of nitrogens with one attached hydrogen (secondary N) is 2. The molecule has 286 valence electrons. The number of ether oxygens (including phenoxy) is 2. The average Bonchev–Trinajstić information content (AvgIpc) is 3.09. The normalized spacial score (nSPS) is 12.6. The van der Waals surface area contributed by atoms with Gasteiger partial charge in [-0.05, 0) is 19.8 Å². The molecule has 0 spiro atoms. The molecular formula is C41H82N2O5. The largest absolute Gasteiger partial charge is 0.463 e. The first-order valence-electron chi connectivity index (χ1n) is 20.9. The fraction of sp³-hybridized carbons (Fsp3) is 0.951. The maximum Gasteiger partial charge on any atom is 0.407 e. The quantitative estimate of drug-likeness (QED) is 0.0341. The number of carbonyl (C=O) groups excluding carboxylic acids is 2. The zero-order valence-electron chi connectivity index (χ0n) is 32.3. The molecule has 0 saturated carbocycles. The Morgan fingerprint density at radius 3 is 1.15 bits per heavy atom. The van der Waals surface area contributed by atoms with Crippen LogP contribution in [-0.2, 0) is 14.3 Å². The van der Waals surface area contributed by atoms with E-state index in [1.165, 1.54) is 167 Å². The Bertz CT molecular complexity index is 638. The van der Waals surface area contributed by atoms with Crippen molar-refractivity contribution in [3.05, 3.63) is 0 Å². The standard InChI is InChI=1S/C41H82N2O5/c1-4-6-8-10-12-14-16-18-20-21-23-25-27-29-31-33-35-39(44)47-37-41(3,43-46)38-48-40(45)42-36-34-32-30-28-26-24-22-19-17-15-13-11-9-7-5-2/h43,46H,4-38H2,1-3H3,(H,42,45)/t41-/m0/s1. The number of hydrogen-bond acceptors (Lipinski definition) is 6. The molecular weight excluding hydrogens is 600 g/mol. The number of unbranched alkanes of at least 4 members (excludes halogenated alkanes) is 29. The lowest BCUT2D eigenvalue weighted by molar-refractivity contribution is -0.148. The van der Waals surface area contributed by atoms with Gasteiger partial charge in [0.1, 0.15) is 18.8 Å². The SMILES string of the molecule is CCCCCCCCCCCCCCCCCCC(=O)OC[C@@](C)(COC(=O)NCCCCCCCCCCCCCCCCC)NO. The van der Waals surface area contributed by atoms with Gasteiger partial charge in [0.2, 0.25) is 0 Å². The summed E-state index contributed by atoms with van der Waals surface area (Å²) >= 11 is 0. The number of carbonyl (C=O) groups is 2. The Kier molecular flexibility index (Phi) is 35.9. The number of amides is 1. The second kappa shape index (κ2) is 36.9. The molecule has 7 heteroatoms. The molecule has 3 N–H and O–H groups in total. The predicted molar refractivity (Wildman–Crippen MR) is 203 cm³/mol. The third-order valence-corrected chi connectivity index (χ3v) is 9.63. The van der Waals surface area contributed by atoms with Crippen LogP contribution in [0.5, 0.6) is 0 Å². The molecule has 0 aromatic rings. The molecule has 0 fully saturated rings. The molecule has 7 nitrogen and oxygen atoms in total. The van der Waals surface area contributed by atoms with E-state index in [0.29, 0.717) is 13.0 Å². The van der Waals surface area contributed by atoms with Gasteiger partial charge in [0.25, 0.3) is 0 Å². The second-order valence-corrected chi connectivity index (χ2v) is 14.8. The molecule has 0 saturated heterocycles. The highest BCUT2D eigenvalue weighted by atomic mass is 16.6. The van der Waals surface area contributed by atoms with Gasteiger partial charge in [-0.3, -0.25) is 4.79 Å². The van der Waals surface area contributed by atoms with E-state index < -0.39 is 11.6 Å². The van der Waals surface area contributed by atoms with E-state index in [2.05, 4.69) is 24.6 Å². The van der Waals surface area contributed by atoms with Crippen molar-refractivity contribution in [1.29, 1.82) is 0 Å². The first-order chi connectivity index (χ1) is 23.5. The minimum absolute atomic E-state index is 0.0620. The van der Waals surface area contributed by atoms with Gasteiger partial charge in [0.15, 0.2) is 0 Å². The number of rotatable bonds is 38. The zero-order chi connectivity index (χ0) is 35.2. The molecule has 1 atom stereocenters. The van der Waals surface area contributed by atoms with Gasteiger partial charge in [-0.25, -0.2) is 4.79 Å². The highest BCUT2D eigenvalue weighted by Gasteiger charge is 2.28. The molecule has 0 aliphatic carbocycles. The average molecular weight is 683 g/mol. The van der Waals surface area contributed by atoms with Gasteiger partial charge >= 0.3 is 12.1 Å². The maximum atomic E-state index is 12.2. The summed E-state index contributed by atoms with van der Waals surface area (Å²) in [6.45, 7) is 6.63. The number of alkyl carbamates (subject to hydrolysis) is 1. The van der Waals surface area contributed by atoms with Crippen molar-refractivity contribution in [2.75, 3.05) is 19.8 Å². The second-order valence-electron chi connectivity index (χ2n) is 14.8. The minimum atomic E-state index is -1.05. The fourth-order valence-electron chi connectivity index (χ4n) is 6.20. The summed E-state index contributed by atoms with van der Waals surface area (Å²) in [5.74, 6) is -0.278. The molecule has 0 rings (SSSR count). The Balaban J connectivity index is 3.59. The molecule has 0 bridgehead atoms. The topological polar surface area (TPSA) is 96.9 Å². The molecule has 0 heterocycles. The monoisotopic (exact) mass is 683 g/mol. The summed E-state index contributed by atoms with van der Waals surface area (Å²) < 4.78 is 10.7. The van der Waals surface area contributed by atoms with Crippen LogP contribution < -0.4 is 10.8 Å². The fourth-order valence-corrected chi connectivity index (χ4v) is 6.20. The molecule has 0 radical (unpaired) electrons. The highest BCUT2D eigenvalue weighted by molar-refractivity contribution is 5.69. The van der Waals surface area contributed by atoms with Crippen molar-refractivity contribution in [3.8, 4) is 0 Å². The van der Waals surface area contributed by atoms with Gasteiger partial charge < -0.3 is 20.0 Å².